The van der Waals surface area contributed by atoms with Gasteiger partial charge >= 0.3 is 5.97 Å². The first-order chi connectivity index (χ1) is 12.1. The van der Waals surface area contributed by atoms with Crippen LogP contribution in [-0.4, -0.2) is 26.9 Å². The number of halogens is 1. The van der Waals surface area contributed by atoms with Crippen LogP contribution in [-0.2, 0) is 11.8 Å². The van der Waals surface area contributed by atoms with E-state index < -0.39 is 0 Å². The van der Waals surface area contributed by atoms with Crippen molar-refractivity contribution in [2.45, 2.75) is 6.92 Å². The summed E-state index contributed by atoms with van der Waals surface area (Å²) in [6.07, 6.45) is 1.89. The SMILES string of the molecule is CCOC(=O)c1ccc2c(c1)c1cn(C)nc1n2-c1cccc(F)c1. The third-order valence-corrected chi connectivity index (χ3v) is 4.13. The standard InChI is InChI=1S/C19H16FN3O2/c1-3-25-19(24)12-7-8-17-15(9-12)16-11-22(2)21-18(16)23(17)14-6-4-5-13(20)10-14/h4-11H,3H2,1-2H3. The molecule has 0 radical (unpaired) electrons. The maximum absolute atomic E-state index is 13.7. The molecule has 0 bridgehead atoms. The minimum Gasteiger partial charge on any atom is -0.462 e. The van der Waals surface area contributed by atoms with Crippen molar-refractivity contribution in [3.8, 4) is 5.69 Å². The maximum Gasteiger partial charge on any atom is 0.338 e. The van der Waals surface area contributed by atoms with Gasteiger partial charge < -0.3 is 4.74 Å². The lowest BCUT2D eigenvalue weighted by atomic mass is 10.1. The van der Waals surface area contributed by atoms with Crippen molar-refractivity contribution in [1.29, 1.82) is 0 Å². The molecular weight excluding hydrogens is 321 g/mol. The zero-order chi connectivity index (χ0) is 17.6. The smallest absolute Gasteiger partial charge is 0.338 e. The molecule has 4 aromatic rings. The number of benzene rings is 2. The average Bonchev–Trinajstić information content (AvgIpc) is 3.09. The Morgan fingerprint density at radius 3 is 2.80 bits per heavy atom. The maximum atomic E-state index is 13.7. The first kappa shape index (κ1) is 15.4. The fourth-order valence-corrected chi connectivity index (χ4v) is 3.11. The molecule has 0 N–H and O–H groups in total. The van der Waals surface area contributed by atoms with Gasteiger partial charge in [-0.25, -0.2) is 9.18 Å². The molecule has 0 aliphatic carbocycles. The summed E-state index contributed by atoms with van der Waals surface area (Å²) in [6.45, 7) is 2.10. The molecule has 2 aromatic carbocycles. The highest BCUT2D eigenvalue weighted by molar-refractivity contribution is 6.10. The van der Waals surface area contributed by atoms with Crippen LogP contribution in [0.15, 0.2) is 48.7 Å². The highest BCUT2D eigenvalue weighted by atomic mass is 19.1. The zero-order valence-electron chi connectivity index (χ0n) is 13.9. The van der Waals surface area contributed by atoms with Crippen molar-refractivity contribution in [2.75, 3.05) is 6.61 Å². The van der Waals surface area contributed by atoms with Gasteiger partial charge in [-0.05, 0) is 43.3 Å². The van der Waals surface area contributed by atoms with Gasteiger partial charge in [-0.2, -0.15) is 5.10 Å². The van der Waals surface area contributed by atoms with Gasteiger partial charge in [-0.3, -0.25) is 9.25 Å². The molecule has 2 aromatic heterocycles. The molecule has 5 nitrogen and oxygen atoms in total. The lowest BCUT2D eigenvalue weighted by Gasteiger charge is -2.07. The summed E-state index contributed by atoms with van der Waals surface area (Å²) in [4.78, 5) is 12.1. The van der Waals surface area contributed by atoms with Gasteiger partial charge in [0, 0.05) is 24.0 Å². The number of aromatic nitrogens is 3. The van der Waals surface area contributed by atoms with Crippen LogP contribution < -0.4 is 0 Å². The Kier molecular flexibility index (Phi) is 3.53. The molecule has 0 aliphatic heterocycles. The number of esters is 1. The van der Waals surface area contributed by atoms with Crippen molar-refractivity contribution < 1.29 is 13.9 Å². The number of aryl methyl sites for hydroxylation is 1. The predicted octanol–water partition coefficient (Wildman–Crippen LogP) is 3.83. The molecule has 25 heavy (non-hydrogen) atoms. The van der Waals surface area contributed by atoms with E-state index in [0.29, 0.717) is 23.5 Å². The first-order valence-electron chi connectivity index (χ1n) is 7.99. The average molecular weight is 337 g/mol. The van der Waals surface area contributed by atoms with Crippen LogP contribution >= 0.6 is 0 Å². The lowest BCUT2D eigenvalue weighted by molar-refractivity contribution is 0.0526. The van der Waals surface area contributed by atoms with Crippen LogP contribution in [0, 0.1) is 5.82 Å². The van der Waals surface area contributed by atoms with Crippen LogP contribution in [0.2, 0.25) is 0 Å². The largest absolute Gasteiger partial charge is 0.462 e. The number of nitrogens with zero attached hydrogens (tertiary/aromatic N) is 3. The quantitative estimate of drug-likeness (QED) is 0.534. The topological polar surface area (TPSA) is 49.1 Å². The Labute approximate surface area is 143 Å². The van der Waals surface area contributed by atoms with E-state index in [1.54, 1.807) is 29.8 Å². The van der Waals surface area contributed by atoms with Crippen LogP contribution in [0.1, 0.15) is 17.3 Å². The van der Waals surface area contributed by atoms with E-state index in [1.807, 2.05) is 29.9 Å². The second-order valence-corrected chi connectivity index (χ2v) is 5.81. The number of hydrogen-bond acceptors (Lipinski definition) is 3. The molecule has 2 heterocycles. The van der Waals surface area contributed by atoms with E-state index in [4.69, 9.17) is 4.74 Å². The normalized spacial score (nSPS) is 11.3. The molecule has 0 atom stereocenters. The summed E-state index contributed by atoms with van der Waals surface area (Å²) in [5.41, 5.74) is 2.74. The third-order valence-electron chi connectivity index (χ3n) is 4.13. The van der Waals surface area contributed by atoms with Crippen LogP contribution in [0.25, 0.3) is 27.6 Å². The summed E-state index contributed by atoms with van der Waals surface area (Å²) in [6, 6.07) is 11.7. The second-order valence-electron chi connectivity index (χ2n) is 5.81. The van der Waals surface area contributed by atoms with Crippen molar-refractivity contribution >= 4 is 27.9 Å². The Morgan fingerprint density at radius 1 is 1.20 bits per heavy atom. The molecule has 126 valence electrons. The lowest BCUT2D eigenvalue weighted by Crippen LogP contribution is -2.04. The zero-order valence-corrected chi connectivity index (χ0v) is 13.9. The van der Waals surface area contributed by atoms with Crippen LogP contribution in [0.5, 0.6) is 0 Å². The second kappa shape index (κ2) is 5.73. The fourth-order valence-electron chi connectivity index (χ4n) is 3.11. The van der Waals surface area contributed by atoms with Crippen molar-refractivity contribution in [2.24, 2.45) is 7.05 Å². The highest BCUT2D eigenvalue weighted by Gasteiger charge is 2.17. The van der Waals surface area contributed by atoms with Crippen molar-refractivity contribution in [3.63, 3.8) is 0 Å². The molecule has 6 heteroatoms. The Bertz CT molecular complexity index is 1110. The van der Waals surface area contributed by atoms with Crippen LogP contribution in [0.3, 0.4) is 0 Å². The van der Waals surface area contributed by atoms with Gasteiger partial charge in [0.25, 0.3) is 0 Å². The van der Waals surface area contributed by atoms with Gasteiger partial charge in [-0.15, -0.1) is 0 Å². The fraction of sp³-hybridized carbons (Fsp3) is 0.158. The van der Waals surface area contributed by atoms with E-state index in [0.717, 1.165) is 16.3 Å². The van der Waals surface area contributed by atoms with Crippen molar-refractivity contribution in [1.82, 2.24) is 14.3 Å². The summed E-state index contributed by atoms with van der Waals surface area (Å²) < 4.78 is 22.4. The van der Waals surface area contributed by atoms with Gasteiger partial charge in [-0.1, -0.05) is 6.07 Å². The van der Waals surface area contributed by atoms with Crippen LogP contribution in [0.4, 0.5) is 4.39 Å². The van der Waals surface area contributed by atoms with E-state index in [1.165, 1.54) is 12.1 Å². The number of carbonyl (C=O) groups is 1. The molecule has 0 spiro atoms. The molecule has 0 fully saturated rings. The Balaban J connectivity index is 2.03. The Hall–Kier alpha value is -3.15. The highest BCUT2D eigenvalue weighted by Crippen LogP contribution is 2.32. The summed E-state index contributed by atoms with van der Waals surface area (Å²) in [7, 11) is 1.83. The van der Waals surface area contributed by atoms with E-state index in [2.05, 4.69) is 5.10 Å². The van der Waals surface area contributed by atoms with E-state index in [9.17, 15) is 9.18 Å². The molecule has 0 amide bonds. The van der Waals surface area contributed by atoms with E-state index >= 15 is 0 Å². The predicted molar refractivity (Wildman–Crippen MR) is 93.5 cm³/mol. The molecular formula is C19H16FN3O2. The Morgan fingerprint density at radius 2 is 2.04 bits per heavy atom. The van der Waals surface area contributed by atoms with Gasteiger partial charge in [0.05, 0.1) is 23.4 Å². The molecule has 4 rings (SSSR count). The number of fused-ring (bicyclic) bond motifs is 3. The van der Waals surface area contributed by atoms with E-state index in [-0.39, 0.29) is 11.8 Å². The third kappa shape index (κ3) is 2.46. The monoisotopic (exact) mass is 337 g/mol. The van der Waals surface area contributed by atoms with Crippen molar-refractivity contribution in [3.05, 3.63) is 60.0 Å². The molecule has 0 saturated heterocycles. The minimum absolute atomic E-state index is 0.313. The number of rotatable bonds is 3. The number of hydrogen-bond donors (Lipinski definition) is 0. The summed E-state index contributed by atoms with van der Waals surface area (Å²) in [5, 5.41) is 6.28. The number of ether oxygens (including phenoxy) is 1. The molecule has 0 unspecified atom stereocenters. The summed E-state index contributed by atoms with van der Waals surface area (Å²) in [5.74, 6) is -0.675. The van der Waals surface area contributed by atoms with Gasteiger partial charge in [0.15, 0.2) is 5.65 Å². The minimum atomic E-state index is -0.361. The van der Waals surface area contributed by atoms with Gasteiger partial charge in [0.1, 0.15) is 5.82 Å². The molecule has 0 saturated carbocycles. The van der Waals surface area contributed by atoms with Gasteiger partial charge in [0.2, 0.25) is 0 Å². The molecule has 0 aliphatic rings. The summed E-state index contributed by atoms with van der Waals surface area (Å²) >= 11 is 0. The number of carbonyl (C=O) groups excluding carboxylic acids is 1. The first-order valence-corrected chi connectivity index (χ1v) is 7.99.